The van der Waals surface area contributed by atoms with Crippen molar-refractivity contribution in [3.63, 3.8) is 0 Å². The van der Waals surface area contributed by atoms with Gasteiger partial charge in [0.15, 0.2) is 9.84 Å². The molecule has 0 radical (unpaired) electrons. The maximum atomic E-state index is 12.3. The van der Waals surface area contributed by atoms with E-state index in [1.807, 2.05) is 4.68 Å². The quantitative estimate of drug-likeness (QED) is 0.830. The predicted molar refractivity (Wildman–Crippen MR) is 96.5 cm³/mol. The molecule has 1 aliphatic rings. The predicted octanol–water partition coefficient (Wildman–Crippen LogP) is 3.45. The van der Waals surface area contributed by atoms with E-state index in [0.717, 1.165) is 25.7 Å². The van der Waals surface area contributed by atoms with Gasteiger partial charge in [-0.15, -0.1) is 0 Å². The zero-order valence-electron chi connectivity index (χ0n) is 13.7. The first-order valence-corrected chi connectivity index (χ1v) is 10.3. The van der Waals surface area contributed by atoms with Crippen molar-refractivity contribution in [3.8, 4) is 0 Å². The van der Waals surface area contributed by atoms with E-state index >= 15 is 0 Å². The summed E-state index contributed by atoms with van der Waals surface area (Å²) in [5, 5.41) is 7.53. The van der Waals surface area contributed by atoms with Gasteiger partial charge in [-0.1, -0.05) is 24.4 Å². The maximum absolute atomic E-state index is 12.3. The molecule has 1 aromatic heterocycles. The smallest absolute Gasteiger partial charge is 0.226 e. The first-order chi connectivity index (χ1) is 12.0. The molecule has 0 aliphatic heterocycles. The molecule has 0 spiro atoms. The standard InChI is InChI=1S/C17H20ClN3O3S/c18-13-5-7-15(8-6-13)25(23,24)12-10-17(22)20-16-9-11-19-21(16)14-3-1-2-4-14/h5-9,11,14H,1-4,10,12H2,(H,20,22). The SMILES string of the molecule is O=C(CCS(=O)(=O)c1ccc(Cl)cc1)Nc1ccnn1C1CCCC1. The average molecular weight is 382 g/mol. The van der Waals surface area contributed by atoms with Gasteiger partial charge in [0.1, 0.15) is 5.82 Å². The van der Waals surface area contributed by atoms with Gasteiger partial charge in [-0.25, -0.2) is 13.1 Å². The van der Waals surface area contributed by atoms with E-state index in [1.54, 1.807) is 12.3 Å². The molecule has 1 fully saturated rings. The Morgan fingerprint density at radius 3 is 2.56 bits per heavy atom. The van der Waals surface area contributed by atoms with E-state index in [4.69, 9.17) is 11.6 Å². The minimum absolute atomic E-state index is 0.110. The van der Waals surface area contributed by atoms with Crippen LogP contribution in [0.2, 0.25) is 5.02 Å². The first kappa shape index (κ1) is 17.9. The number of halogens is 1. The number of amides is 1. The highest BCUT2D eigenvalue weighted by atomic mass is 35.5. The fourth-order valence-electron chi connectivity index (χ4n) is 3.05. The first-order valence-electron chi connectivity index (χ1n) is 8.27. The molecule has 1 aromatic carbocycles. The fourth-order valence-corrected chi connectivity index (χ4v) is 4.41. The third-order valence-corrected chi connectivity index (χ3v) is 6.36. The highest BCUT2D eigenvalue weighted by Gasteiger charge is 2.21. The van der Waals surface area contributed by atoms with Gasteiger partial charge >= 0.3 is 0 Å². The molecule has 6 nitrogen and oxygen atoms in total. The summed E-state index contributed by atoms with van der Waals surface area (Å²) in [6, 6.07) is 7.99. The van der Waals surface area contributed by atoms with Crippen molar-refractivity contribution in [1.29, 1.82) is 0 Å². The number of anilines is 1. The maximum Gasteiger partial charge on any atom is 0.226 e. The van der Waals surface area contributed by atoms with E-state index in [0.29, 0.717) is 16.9 Å². The Balaban J connectivity index is 1.60. The summed E-state index contributed by atoms with van der Waals surface area (Å²) >= 11 is 5.77. The summed E-state index contributed by atoms with van der Waals surface area (Å²) < 4.78 is 26.4. The number of nitrogens with zero attached hydrogens (tertiary/aromatic N) is 2. The molecule has 25 heavy (non-hydrogen) atoms. The van der Waals surface area contributed by atoms with Gasteiger partial charge in [-0.05, 0) is 37.1 Å². The topological polar surface area (TPSA) is 81.1 Å². The molecule has 0 saturated heterocycles. The van der Waals surface area contributed by atoms with Gasteiger partial charge in [0.2, 0.25) is 5.91 Å². The van der Waals surface area contributed by atoms with Gasteiger partial charge in [0, 0.05) is 17.5 Å². The summed E-state index contributed by atoms with van der Waals surface area (Å²) in [4.78, 5) is 12.3. The normalized spacial score (nSPS) is 15.4. The number of hydrogen-bond acceptors (Lipinski definition) is 4. The Kier molecular flexibility index (Phi) is 5.44. The number of hydrogen-bond donors (Lipinski definition) is 1. The molecular weight excluding hydrogens is 362 g/mol. The van der Waals surface area contributed by atoms with Gasteiger partial charge in [-0.2, -0.15) is 5.10 Å². The van der Waals surface area contributed by atoms with Crippen LogP contribution in [-0.4, -0.2) is 29.9 Å². The monoisotopic (exact) mass is 381 g/mol. The summed E-state index contributed by atoms with van der Waals surface area (Å²) in [6.45, 7) is 0. The molecule has 1 N–H and O–H groups in total. The van der Waals surface area contributed by atoms with Crippen LogP contribution in [0.5, 0.6) is 0 Å². The van der Waals surface area contributed by atoms with Crippen LogP contribution in [-0.2, 0) is 14.6 Å². The second-order valence-electron chi connectivity index (χ2n) is 6.17. The lowest BCUT2D eigenvalue weighted by molar-refractivity contribution is -0.115. The molecule has 1 saturated carbocycles. The summed E-state index contributed by atoms with van der Waals surface area (Å²) in [6.07, 6.45) is 5.97. The van der Waals surface area contributed by atoms with Gasteiger partial charge in [-0.3, -0.25) is 4.79 Å². The highest BCUT2D eigenvalue weighted by molar-refractivity contribution is 7.91. The average Bonchev–Trinajstić information content (AvgIpc) is 3.24. The minimum atomic E-state index is -3.52. The molecule has 1 aliphatic carbocycles. The van der Waals surface area contributed by atoms with Crippen LogP contribution in [0.25, 0.3) is 0 Å². The van der Waals surface area contributed by atoms with Crippen LogP contribution >= 0.6 is 11.6 Å². The van der Waals surface area contributed by atoms with Crippen LogP contribution < -0.4 is 5.32 Å². The lowest BCUT2D eigenvalue weighted by atomic mass is 10.2. The Morgan fingerprint density at radius 1 is 1.20 bits per heavy atom. The van der Waals surface area contributed by atoms with Crippen molar-refractivity contribution in [1.82, 2.24) is 9.78 Å². The van der Waals surface area contributed by atoms with Crippen LogP contribution in [0.3, 0.4) is 0 Å². The van der Waals surface area contributed by atoms with Crippen molar-refractivity contribution < 1.29 is 13.2 Å². The molecular formula is C17H20ClN3O3S. The van der Waals surface area contributed by atoms with Crippen molar-refractivity contribution in [3.05, 3.63) is 41.6 Å². The highest BCUT2D eigenvalue weighted by Crippen LogP contribution is 2.31. The van der Waals surface area contributed by atoms with Crippen LogP contribution in [0.4, 0.5) is 5.82 Å². The van der Waals surface area contributed by atoms with E-state index in [1.165, 1.54) is 24.3 Å². The number of nitrogens with one attached hydrogen (secondary N) is 1. The van der Waals surface area contributed by atoms with Gasteiger partial charge in [0.05, 0.1) is 22.9 Å². The number of aromatic nitrogens is 2. The number of carbonyl (C=O) groups is 1. The van der Waals surface area contributed by atoms with Crippen LogP contribution in [0.1, 0.15) is 38.1 Å². The Labute approximate surface area is 152 Å². The van der Waals surface area contributed by atoms with Crippen molar-refractivity contribution >= 4 is 33.2 Å². The Bertz CT molecular complexity index is 840. The summed E-state index contributed by atoms with van der Waals surface area (Å²) in [7, 11) is -3.52. The zero-order valence-corrected chi connectivity index (χ0v) is 15.3. The second kappa shape index (κ2) is 7.58. The van der Waals surface area contributed by atoms with Crippen molar-refractivity contribution in [2.45, 2.75) is 43.0 Å². The molecule has 0 unspecified atom stereocenters. The molecule has 2 aromatic rings. The molecule has 1 heterocycles. The zero-order chi connectivity index (χ0) is 17.9. The summed E-state index contributed by atoms with van der Waals surface area (Å²) in [5.74, 6) is 0.0379. The number of carbonyl (C=O) groups excluding carboxylic acids is 1. The van der Waals surface area contributed by atoms with E-state index < -0.39 is 9.84 Å². The van der Waals surface area contributed by atoms with Crippen molar-refractivity contribution in [2.75, 3.05) is 11.1 Å². The third kappa shape index (κ3) is 4.41. The Morgan fingerprint density at radius 2 is 1.88 bits per heavy atom. The van der Waals surface area contributed by atoms with Gasteiger partial charge in [0.25, 0.3) is 0 Å². The molecule has 3 rings (SSSR count). The minimum Gasteiger partial charge on any atom is -0.311 e. The second-order valence-corrected chi connectivity index (χ2v) is 8.72. The van der Waals surface area contributed by atoms with Crippen molar-refractivity contribution in [2.24, 2.45) is 0 Å². The van der Waals surface area contributed by atoms with Crippen LogP contribution in [0, 0.1) is 0 Å². The summed E-state index contributed by atoms with van der Waals surface area (Å²) in [5.41, 5.74) is 0. The lowest BCUT2D eigenvalue weighted by Gasteiger charge is -2.14. The number of sulfone groups is 1. The number of rotatable bonds is 6. The van der Waals surface area contributed by atoms with E-state index in [9.17, 15) is 13.2 Å². The number of benzene rings is 1. The van der Waals surface area contributed by atoms with Gasteiger partial charge < -0.3 is 5.32 Å². The Hall–Kier alpha value is -1.86. The molecule has 134 valence electrons. The van der Waals surface area contributed by atoms with E-state index in [-0.39, 0.29) is 23.0 Å². The largest absolute Gasteiger partial charge is 0.311 e. The van der Waals surface area contributed by atoms with E-state index in [2.05, 4.69) is 10.4 Å². The molecule has 1 amide bonds. The lowest BCUT2D eigenvalue weighted by Crippen LogP contribution is -2.20. The molecule has 8 heteroatoms. The fraction of sp³-hybridized carbons (Fsp3) is 0.412. The molecule has 0 bridgehead atoms. The molecule has 0 atom stereocenters. The third-order valence-electron chi connectivity index (χ3n) is 4.38. The van der Waals surface area contributed by atoms with Crippen LogP contribution in [0.15, 0.2) is 41.4 Å².